The Balaban J connectivity index is 1.21. The summed E-state index contributed by atoms with van der Waals surface area (Å²) in [4.78, 5) is 0. The molecule has 1 aliphatic heterocycles. The minimum absolute atomic E-state index is 0.0694. The molecule has 0 saturated heterocycles. The normalized spacial score (nSPS) is 12.6. The van der Waals surface area contributed by atoms with E-state index in [9.17, 15) is 0 Å². The van der Waals surface area contributed by atoms with E-state index < -0.39 is 0 Å². The van der Waals surface area contributed by atoms with E-state index in [4.69, 9.17) is 0 Å². The molecule has 1 aliphatic rings. The Kier molecular flexibility index (Phi) is 8.56. The van der Waals surface area contributed by atoms with Crippen molar-refractivity contribution in [3.63, 3.8) is 0 Å². The van der Waals surface area contributed by atoms with Gasteiger partial charge in [0.2, 0.25) is 0 Å². The van der Waals surface area contributed by atoms with Crippen LogP contribution in [-0.4, -0.2) is 16.4 Å². The third kappa shape index (κ3) is 5.78. The largest absolute Gasteiger partial charge is 0.355 e. The number of aromatic nitrogens is 2. The van der Waals surface area contributed by atoms with Gasteiger partial charge < -0.3 is 14.5 Å². The number of fused-ring (bicyclic) bond motifs is 11. The highest BCUT2D eigenvalue weighted by Crippen LogP contribution is 2.46. The average Bonchev–Trinajstić information content (AvgIpc) is 3.95. The molecule has 0 amide bonds. The number of rotatable bonds is 8. The highest BCUT2D eigenvalue weighted by molar-refractivity contribution is 7.25. The molecule has 8 aromatic carbocycles. The van der Waals surface area contributed by atoms with Crippen LogP contribution >= 0.6 is 11.3 Å². The molecule has 0 unspecified atom stereocenters. The molecule has 0 bridgehead atoms. The van der Waals surface area contributed by atoms with Gasteiger partial charge in [-0.15, -0.1) is 11.3 Å². The molecule has 3 aromatic heterocycles. The number of anilines is 2. The maximum Gasteiger partial charge on any atom is 0.197 e. The summed E-state index contributed by atoms with van der Waals surface area (Å²) in [5, 5.41) is 11.6. The second kappa shape index (κ2) is 14.3. The lowest BCUT2D eigenvalue weighted by atomic mass is 9.58. The number of hydrogen-bond donors (Lipinski definition) is 1. The van der Waals surface area contributed by atoms with Gasteiger partial charge in [-0.25, -0.2) is 0 Å². The number of thiophene rings is 1. The molecule has 11 aromatic rings. The maximum absolute atomic E-state index is 4.00. The lowest BCUT2D eigenvalue weighted by Crippen LogP contribution is -2.37. The van der Waals surface area contributed by atoms with Crippen LogP contribution in [0.5, 0.6) is 0 Å². The van der Waals surface area contributed by atoms with Crippen LogP contribution in [0.25, 0.3) is 86.3 Å². The Morgan fingerprint density at radius 1 is 0.565 bits per heavy atom. The van der Waals surface area contributed by atoms with Crippen LogP contribution in [0.1, 0.15) is 58.1 Å². The first-order valence-corrected chi connectivity index (χ1v) is 23.1. The van der Waals surface area contributed by atoms with Crippen LogP contribution < -0.4 is 16.2 Å². The zero-order chi connectivity index (χ0) is 41.7. The van der Waals surface area contributed by atoms with Gasteiger partial charge in [0.25, 0.3) is 0 Å². The van der Waals surface area contributed by atoms with Crippen LogP contribution in [-0.2, 0) is 11.8 Å². The van der Waals surface area contributed by atoms with Gasteiger partial charge in [0.1, 0.15) is 0 Å². The first kappa shape index (κ1) is 37.2. The topological polar surface area (TPSA) is 21.9 Å². The zero-order valence-electron chi connectivity index (χ0n) is 35.7. The van der Waals surface area contributed by atoms with Gasteiger partial charge in [-0.3, -0.25) is 0 Å². The molecule has 12 rings (SSSR count). The van der Waals surface area contributed by atoms with Crippen molar-refractivity contribution >= 4 is 105 Å². The maximum atomic E-state index is 4.00. The van der Waals surface area contributed by atoms with Gasteiger partial charge in [-0.05, 0) is 101 Å². The summed E-state index contributed by atoms with van der Waals surface area (Å²) >= 11 is 1.89. The summed E-state index contributed by atoms with van der Waals surface area (Å²) in [6.45, 7) is 9.13. The molecule has 299 valence electrons. The molecule has 0 spiro atoms. The van der Waals surface area contributed by atoms with Gasteiger partial charge in [0.05, 0.1) is 27.8 Å². The lowest BCUT2D eigenvalue weighted by molar-refractivity contribution is 0.590. The van der Waals surface area contributed by atoms with Gasteiger partial charge >= 0.3 is 0 Å². The van der Waals surface area contributed by atoms with E-state index in [0.717, 1.165) is 17.8 Å². The molecule has 1 N–H and O–H groups in total. The van der Waals surface area contributed by atoms with E-state index >= 15 is 0 Å². The fourth-order valence-electron chi connectivity index (χ4n) is 10.3. The second-order valence-corrected chi connectivity index (χ2v) is 19.3. The van der Waals surface area contributed by atoms with E-state index in [0.29, 0.717) is 0 Å². The molecule has 0 atom stereocenters. The average molecular weight is 817 g/mol. The third-order valence-electron chi connectivity index (χ3n) is 13.3. The monoisotopic (exact) mass is 816 g/mol. The standard InChI is InChI=1S/C57H47BN3S/c1-5-6-7-16-35-25-30-50-45(31-35)58-55-44(42-34-53-43(40-19-11-15-24-52(40)62-53)32-46(42)59-37-28-26-36(27-29-37)57(2,3)4)33-51(54-41-20-10-14-23-49(41)61(50)56(54)55)60-47-21-12-8-17-38(47)39-18-9-13-22-48(39)60/h8-15,17-34,59H,5-7,16H2,1-4H3. The Bertz CT molecular complexity index is 3520. The molecular formula is C57H47BN3S. The Hall–Kier alpha value is -6.56. The Morgan fingerprint density at radius 2 is 1.23 bits per heavy atom. The van der Waals surface area contributed by atoms with Gasteiger partial charge in [0.15, 0.2) is 7.28 Å². The van der Waals surface area contributed by atoms with E-state index in [-0.39, 0.29) is 5.41 Å². The minimum atomic E-state index is 0.0694. The van der Waals surface area contributed by atoms with Crippen molar-refractivity contribution in [3.05, 3.63) is 169 Å². The SMILES string of the molecule is CCCCCc1ccc2c(c1)[B]c1c(-c3cc4sc5ccccc5c4cc3Nc3ccc(C(C)(C)C)cc3)cc(-n3c4ccccc4c4ccccc43)c3c4ccccc4n-2c13. The van der Waals surface area contributed by atoms with Crippen molar-refractivity contribution in [2.45, 2.75) is 58.8 Å². The number of hydrogen-bond acceptors (Lipinski definition) is 2. The quantitative estimate of drug-likeness (QED) is 0.120. The first-order chi connectivity index (χ1) is 30.3. The fraction of sp³-hybridized carbons (Fsp3) is 0.158. The second-order valence-electron chi connectivity index (χ2n) is 18.2. The van der Waals surface area contributed by atoms with Crippen molar-refractivity contribution in [3.8, 4) is 22.5 Å². The van der Waals surface area contributed by atoms with Crippen molar-refractivity contribution < 1.29 is 0 Å². The van der Waals surface area contributed by atoms with Gasteiger partial charge in [-0.2, -0.15) is 0 Å². The summed E-state index contributed by atoms with van der Waals surface area (Å²) < 4.78 is 7.70. The summed E-state index contributed by atoms with van der Waals surface area (Å²) in [6, 6.07) is 59.4. The molecule has 3 nitrogen and oxygen atoms in total. The number of para-hydroxylation sites is 3. The molecule has 0 aliphatic carbocycles. The predicted octanol–water partition coefficient (Wildman–Crippen LogP) is 14.7. The fourth-order valence-corrected chi connectivity index (χ4v) is 11.4. The van der Waals surface area contributed by atoms with E-state index in [1.807, 2.05) is 11.3 Å². The molecule has 62 heavy (non-hydrogen) atoms. The zero-order valence-corrected chi connectivity index (χ0v) is 36.5. The molecule has 0 saturated carbocycles. The summed E-state index contributed by atoms with van der Waals surface area (Å²) in [7, 11) is 2.50. The van der Waals surface area contributed by atoms with Crippen molar-refractivity contribution in [2.75, 3.05) is 5.32 Å². The molecular weight excluding hydrogens is 770 g/mol. The molecule has 1 radical (unpaired) electrons. The molecule has 0 fully saturated rings. The van der Waals surface area contributed by atoms with Crippen LogP contribution in [0, 0.1) is 0 Å². The van der Waals surface area contributed by atoms with Gasteiger partial charge in [-0.1, -0.05) is 143 Å². The summed E-state index contributed by atoms with van der Waals surface area (Å²) in [5.74, 6) is 0. The van der Waals surface area contributed by atoms with Crippen molar-refractivity contribution in [1.29, 1.82) is 0 Å². The molecule has 4 heterocycles. The minimum Gasteiger partial charge on any atom is -0.355 e. The van der Waals surface area contributed by atoms with E-state index in [1.54, 1.807) is 0 Å². The highest BCUT2D eigenvalue weighted by atomic mass is 32.1. The number of unbranched alkanes of at least 4 members (excludes halogenated alkanes) is 2. The van der Waals surface area contributed by atoms with Crippen LogP contribution in [0.4, 0.5) is 11.4 Å². The summed E-state index contributed by atoms with van der Waals surface area (Å²) in [6.07, 6.45) is 4.76. The Morgan fingerprint density at radius 3 is 1.94 bits per heavy atom. The van der Waals surface area contributed by atoms with E-state index in [2.05, 4.69) is 207 Å². The first-order valence-electron chi connectivity index (χ1n) is 22.2. The summed E-state index contributed by atoms with van der Waals surface area (Å²) in [5.41, 5.74) is 17.2. The Labute approximate surface area is 367 Å². The smallest absolute Gasteiger partial charge is 0.197 e. The number of benzene rings is 8. The highest BCUT2D eigenvalue weighted by Gasteiger charge is 2.30. The van der Waals surface area contributed by atoms with Crippen molar-refractivity contribution in [2.24, 2.45) is 0 Å². The molecule has 5 heteroatoms. The number of nitrogens with one attached hydrogen (secondary N) is 1. The van der Waals surface area contributed by atoms with Gasteiger partial charge in [0, 0.05) is 64.3 Å². The lowest BCUT2D eigenvalue weighted by Gasteiger charge is -2.26. The number of nitrogens with zero attached hydrogens (tertiary/aromatic N) is 2. The van der Waals surface area contributed by atoms with Crippen molar-refractivity contribution in [1.82, 2.24) is 9.13 Å². The number of aryl methyl sites for hydroxylation is 1. The van der Waals surface area contributed by atoms with Crippen LogP contribution in [0.2, 0.25) is 0 Å². The van der Waals surface area contributed by atoms with Crippen LogP contribution in [0.15, 0.2) is 158 Å². The van der Waals surface area contributed by atoms with Crippen LogP contribution in [0.3, 0.4) is 0 Å². The predicted molar refractivity (Wildman–Crippen MR) is 270 cm³/mol. The van der Waals surface area contributed by atoms with E-state index in [1.165, 1.54) is 128 Å². The third-order valence-corrected chi connectivity index (χ3v) is 14.5.